The average Bonchev–Trinajstić information content (AvgIpc) is 3.36. The quantitative estimate of drug-likeness (QED) is 0.637. The normalized spacial score (nSPS) is 14.2. The van der Waals surface area contributed by atoms with Crippen molar-refractivity contribution in [2.24, 2.45) is 0 Å². The lowest BCUT2D eigenvalue weighted by molar-refractivity contribution is -0.131. The van der Waals surface area contributed by atoms with Crippen LogP contribution >= 0.6 is 11.3 Å². The Morgan fingerprint density at radius 3 is 2.33 bits per heavy atom. The third kappa shape index (κ3) is 4.14. The molecule has 3 aromatic rings. The Morgan fingerprint density at radius 1 is 1.03 bits per heavy atom. The van der Waals surface area contributed by atoms with Crippen LogP contribution in [0.1, 0.15) is 26.7 Å². The first-order valence-electron chi connectivity index (χ1n) is 9.77. The zero-order valence-electron chi connectivity index (χ0n) is 16.9. The number of benzene rings is 1. The number of rotatable bonds is 4. The van der Waals surface area contributed by atoms with Crippen molar-refractivity contribution in [1.29, 1.82) is 0 Å². The third-order valence-corrected chi connectivity index (χ3v) is 6.50. The number of hydrogen-bond donors (Lipinski definition) is 0. The summed E-state index contributed by atoms with van der Waals surface area (Å²) in [7, 11) is 0. The molecule has 1 saturated heterocycles. The lowest BCUT2D eigenvalue weighted by Crippen LogP contribution is -2.50. The summed E-state index contributed by atoms with van der Waals surface area (Å²) < 4.78 is 18.2. The average molecular weight is 428 g/mol. The van der Waals surface area contributed by atoms with E-state index in [1.165, 1.54) is 23.5 Å². The molecule has 0 unspecified atom stereocenters. The minimum atomic E-state index is -0.284. The van der Waals surface area contributed by atoms with Crippen molar-refractivity contribution in [3.8, 4) is 10.4 Å². The molecule has 2 amide bonds. The number of thiophene rings is 1. The van der Waals surface area contributed by atoms with Gasteiger partial charge in [0.2, 0.25) is 5.91 Å². The molecule has 30 heavy (non-hydrogen) atoms. The Hall–Kier alpha value is -3.00. The van der Waals surface area contributed by atoms with Gasteiger partial charge in [-0.05, 0) is 43.7 Å². The summed E-state index contributed by atoms with van der Waals surface area (Å²) in [4.78, 5) is 30.6. The Balaban J connectivity index is 1.35. The summed E-state index contributed by atoms with van der Waals surface area (Å²) in [6, 6.07) is 9.93. The zero-order chi connectivity index (χ0) is 21.3. The minimum absolute atomic E-state index is 0.0196. The molecule has 0 aliphatic carbocycles. The van der Waals surface area contributed by atoms with Crippen LogP contribution in [0.5, 0.6) is 0 Å². The molecule has 0 saturated carbocycles. The molecular formula is C22H22FN3O3S. The van der Waals surface area contributed by atoms with Gasteiger partial charge in [-0.3, -0.25) is 9.59 Å². The highest BCUT2D eigenvalue weighted by atomic mass is 32.1. The fourth-order valence-corrected chi connectivity index (χ4v) is 4.53. The van der Waals surface area contributed by atoms with Crippen LogP contribution in [0.3, 0.4) is 0 Å². The summed E-state index contributed by atoms with van der Waals surface area (Å²) >= 11 is 1.40. The van der Waals surface area contributed by atoms with E-state index in [0.29, 0.717) is 36.8 Å². The van der Waals surface area contributed by atoms with Gasteiger partial charge in [-0.2, -0.15) is 0 Å². The predicted molar refractivity (Wildman–Crippen MR) is 112 cm³/mol. The van der Waals surface area contributed by atoms with E-state index < -0.39 is 0 Å². The number of aryl methyl sites for hydroxylation is 2. The Bertz CT molecular complexity index is 1050. The molecule has 4 rings (SSSR count). The van der Waals surface area contributed by atoms with E-state index in [9.17, 15) is 14.0 Å². The van der Waals surface area contributed by atoms with Crippen LogP contribution in [-0.4, -0.2) is 52.9 Å². The molecule has 1 aliphatic heterocycles. The number of carbonyl (C=O) groups excluding carboxylic acids is 2. The van der Waals surface area contributed by atoms with Crippen molar-refractivity contribution in [2.75, 3.05) is 26.2 Å². The molecule has 0 N–H and O–H groups in total. The molecule has 1 aromatic carbocycles. The van der Waals surface area contributed by atoms with Crippen LogP contribution < -0.4 is 0 Å². The van der Waals surface area contributed by atoms with Gasteiger partial charge < -0.3 is 14.3 Å². The maximum absolute atomic E-state index is 13.1. The molecule has 1 fully saturated rings. The predicted octanol–water partition coefficient (Wildman–Crippen LogP) is 3.69. The number of carbonyl (C=O) groups is 2. The van der Waals surface area contributed by atoms with Crippen molar-refractivity contribution in [3.63, 3.8) is 0 Å². The number of halogens is 1. The molecule has 0 spiro atoms. The summed E-state index contributed by atoms with van der Waals surface area (Å²) in [6.07, 6.45) is 0.265. The fraction of sp³-hybridized carbons (Fsp3) is 0.318. The van der Waals surface area contributed by atoms with Crippen molar-refractivity contribution >= 4 is 23.2 Å². The molecule has 0 radical (unpaired) electrons. The Morgan fingerprint density at radius 2 is 1.70 bits per heavy atom. The SMILES string of the molecule is Cc1noc(C)c1CC(=O)N1CCN(C(=O)c2ccc(-c3ccc(F)cc3)s2)CC1. The van der Waals surface area contributed by atoms with E-state index in [4.69, 9.17) is 4.52 Å². The third-order valence-electron chi connectivity index (χ3n) is 5.37. The monoisotopic (exact) mass is 427 g/mol. The van der Waals surface area contributed by atoms with E-state index in [2.05, 4.69) is 5.16 Å². The summed E-state index contributed by atoms with van der Waals surface area (Å²) in [5.74, 6) is 0.370. The molecule has 2 aromatic heterocycles. The maximum Gasteiger partial charge on any atom is 0.264 e. The van der Waals surface area contributed by atoms with Crippen LogP contribution in [0.25, 0.3) is 10.4 Å². The largest absolute Gasteiger partial charge is 0.361 e. The van der Waals surface area contributed by atoms with E-state index in [0.717, 1.165) is 21.7 Å². The number of piperazine rings is 1. The number of hydrogen-bond acceptors (Lipinski definition) is 5. The minimum Gasteiger partial charge on any atom is -0.361 e. The second-order valence-electron chi connectivity index (χ2n) is 7.32. The van der Waals surface area contributed by atoms with Crippen molar-refractivity contribution < 1.29 is 18.5 Å². The highest BCUT2D eigenvalue weighted by Gasteiger charge is 2.26. The van der Waals surface area contributed by atoms with Gasteiger partial charge >= 0.3 is 0 Å². The van der Waals surface area contributed by atoms with E-state index in [1.807, 2.05) is 13.0 Å². The molecule has 0 bridgehead atoms. The molecule has 3 heterocycles. The summed E-state index contributed by atoms with van der Waals surface area (Å²) in [5, 5.41) is 3.90. The van der Waals surface area contributed by atoms with Gasteiger partial charge in [0, 0.05) is 36.6 Å². The van der Waals surface area contributed by atoms with Gasteiger partial charge in [-0.15, -0.1) is 11.3 Å². The van der Waals surface area contributed by atoms with Crippen molar-refractivity contribution in [2.45, 2.75) is 20.3 Å². The molecule has 156 valence electrons. The summed E-state index contributed by atoms with van der Waals surface area (Å²) in [5.41, 5.74) is 2.46. The molecule has 6 nitrogen and oxygen atoms in total. The van der Waals surface area contributed by atoms with E-state index >= 15 is 0 Å². The first kappa shape index (κ1) is 20.3. The van der Waals surface area contributed by atoms with Crippen LogP contribution in [0.15, 0.2) is 40.9 Å². The fourth-order valence-electron chi connectivity index (χ4n) is 3.55. The molecule has 8 heteroatoms. The van der Waals surface area contributed by atoms with Crippen LogP contribution in [-0.2, 0) is 11.2 Å². The standard InChI is InChI=1S/C22H22FN3O3S/c1-14-18(15(2)29-24-14)13-21(27)25-9-11-26(12-10-25)22(28)20-8-7-19(30-20)16-3-5-17(23)6-4-16/h3-8H,9-13H2,1-2H3. The van der Waals surface area contributed by atoms with Gasteiger partial charge in [0.05, 0.1) is 17.0 Å². The number of nitrogens with zero attached hydrogens (tertiary/aromatic N) is 3. The number of aromatic nitrogens is 1. The highest BCUT2D eigenvalue weighted by molar-refractivity contribution is 7.17. The van der Waals surface area contributed by atoms with Crippen molar-refractivity contribution in [3.05, 3.63) is 64.1 Å². The highest BCUT2D eigenvalue weighted by Crippen LogP contribution is 2.29. The first-order chi connectivity index (χ1) is 14.4. The molecular weight excluding hydrogens is 405 g/mol. The Labute approximate surface area is 177 Å². The lowest BCUT2D eigenvalue weighted by Gasteiger charge is -2.34. The van der Waals surface area contributed by atoms with Gasteiger partial charge in [-0.1, -0.05) is 17.3 Å². The number of amides is 2. The zero-order valence-corrected chi connectivity index (χ0v) is 17.7. The second kappa shape index (κ2) is 8.39. The smallest absolute Gasteiger partial charge is 0.264 e. The lowest BCUT2D eigenvalue weighted by atomic mass is 10.1. The van der Waals surface area contributed by atoms with Gasteiger partial charge in [0.1, 0.15) is 11.6 Å². The summed E-state index contributed by atoms with van der Waals surface area (Å²) in [6.45, 7) is 5.64. The van der Waals surface area contributed by atoms with Crippen LogP contribution in [0.2, 0.25) is 0 Å². The van der Waals surface area contributed by atoms with Gasteiger partial charge in [-0.25, -0.2) is 4.39 Å². The van der Waals surface area contributed by atoms with Crippen molar-refractivity contribution in [1.82, 2.24) is 15.0 Å². The second-order valence-corrected chi connectivity index (χ2v) is 8.41. The van der Waals surface area contributed by atoms with Gasteiger partial charge in [0.15, 0.2) is 0 Å². The van der Waals surface area contributed by atoms with E-state index in [1.54, 1.807) is 34.9 Å². The molecule has 0 atom stereocenters. The first-order valence-corrected chi connectivity index (χ1v) is 10.6. The van der Waals surface area contributed by atoms with Crippen LogP contribution in [0.4, 0.5) is 4.39 Å². The van der Waals surface area contributed by atoms with E-state index in [-0.39, 0.29) is 24.1 Å². The van der Waals surface area contributed by atoms with Crippen LogP contribution in [0, 0.1) is 19.7 Å². The van der Waals surface area contributed by atoms with Gasteiger partial charge in [0.25, 0.3) is 5.91 Å². The molecule has 1 aliphatic rings. The topological polar surface area (TPSA) is 66.7 Å². The maximum atomic E-state index is 13.1. The Kier molecular flexibility index (Phi) is 5.67.